The largest absolute Gasteiger partial charge is 0.378 e. The smallest absolute Gasteiger partial charge is 0.257 e. The van der Waals surface area contributed by atoms with Gasteiger partial charge in [-0.3, -0.25) is 9.78 Å². The highest BCUT2D eigenvalue weighted by Crippen LogP contribution is 2.31. The summed E-state index contributed by atoms with van der Waals surface area (Å²) in [5.74, 6) is -0.518. The fourth-order valence-electron chi connectivity index (χ4n) is 3.08. The van der Waals surface area contributed by atoms with Crippen molar-refractivity contribution in [1.29, 1.82) is 0 Å². The Morgan fingerprint density at radius 1 is 1.15 bits per heavy atom. The van der Waals surface area contributed by atoms with Crippen molar-refractivity contribution in [2.75, 3.05) is 31.6 Å². The van der Waals surface area contributed by atoms with Crippen molar-refractivity contribution in [2.24, 2.45) is 0 Å². The first-order chi connectivity index (χ1) is 13.1. The summed E-state index contributed by atoms with van der Waals surface area (Å²) in [4.78, 5) is 19.2. The number of hydrogen-bond acceptors (Lipinski definition) is 4. The molecule has 1 fully saturated rings. The molecule has 0 saturated carbocycles. The Balaban J connectivity index is 1.81. The molecule has 1 aliphatic heterocycles. The van der Waals surface area contributed by atoms with E-state index in [1.54, 1.807) is 17.2 Å². The zero-order chi connectivity index (χ0) is 18.8. The third-order valence-electron chi connectivity index (χ3n) is 4.47. The van der Waals surface area contributed by atoms with E-state index in [-0.39, 0.29) is 11.7 Å². The van der Waals surface area contributed by atoms with Crippen LogP contribution in [0.1, 0.15) is 10.4 Å². The molecule has 0 aliphatic carbocycles. The van der Waals surface area contributed by atoms with Crippen molar-refractivity contribution in [3.63, 3.8) is 0 Å². The van der Waals surface area contributed by atoms with Crippen LogP contribution in [0.15, 0.2) is 53.1 Å². The second kappa shape index (κ2) is 7.62. The molecule has 3 aromatic rings. The van der Waals surface area contributed by atoms with Crippen LogP contribution in [0.4, 0.5) is 15.8 Å². The molecule has 4 rings (SSSR count). The predicted octanol–water partition coefficient (Wildman–Crippen LogP) is 4.35. The van der Waals surface area contributed by atoms with Crippen LogP contribution in [0.5, 0.6) is 0 Å². The SMILES string of the molecule is O=C(c1cnc2ccc(F)cc2c1Nc1ccc(Br)cc1)N1CCOCC1. The predicted molar refractivity (Wildman–Crippen MR) is 106 cm³/mol. The van der Waals surface area contributed by atoms with Crippen molar-refractivity contribution in [1.82, 2.24) is 9.88 Å². The van der Waals surface area contributed by atoms with Gasteiger partial charge < -0.3 is 15.0 Å². The summed E-state index contributed by atoms with van der Waals surface area (Å²) in [6.07, 6.45) is 1.55. The van der Waals surface area contributed by atoms with Crippen LogP contribution in [0.25, 0.3) is 10.9 Å². The van der Waals surface area contributed by atoms with Crippen LogP contribution in [0, 0.1) is 5.82 Å². The lowest BCUT2D eigenvalue weighted by atomic mass is 10.1. The van der Waals surface area contributed by atoms with E-state index >= 15 is 0 Å². The highest BCUT2D eigenvalue weighted by molar-refractivity contribution is 9.10. The number of nitrogens with zero attached hydrogens (tertiary/aromatic N) is 2. The molecular formula is C20H17BrFN3O2. The van der Waals surface area contributed by atoms with Crippen LogP contribution in [0.2, 0.25) is 0 Å². The first-order valence-electron chi connectivity index (χ1n) is 8.60. The van der Waals surface area contributed by atoms with Gasteiger partial charge in [0.15, 0.2) is 0 Å². The molecule has 0 bridgehead atoms. The Bertz CT molecular complexity index is 988. The summed E-state index contributed by atoms with van der Waals surface area (Å²) < 4.78 is 20.2. The Labute approximate surface area is 164 Å². The number of ether oxygens (including phenoxy) is 1. The van der Waals surface area contributed by atoms with Crippen LogP contribution < -0.4 is 5.32 Å². The third kappa shape index (κ3) is 3.79. The third-order valence-corrected chi connectivity index (χ3v) is 5.00. The van der Waals surface area contributed by atoms with Gasteiger partial charge in [-0.1, -0.05) is 15.9 Å². The number of aromatic nitrogens is 1. The number of benzene rings is 2. The van der Waals surface area contributed by atoms with Gasteiger partial charge in [0, 0.05) is 34.8 Å². The fourth-order valence-corrected chi connectivity index (χ4v) is 3.34. The lowest BCUT2D eigenvalue weighted by Gasteiger charge is -2.28. The Kier molecular flexibility index (Phi) is 5.05. The number of anilines is 2. The number of nitrogens with one attached hydrogen (secondary N) is 1. The summed E-state index contributed by atoms with van der Waals surface area (Å²) >= 11 is 3.41. The number of rotatable bonds is 3. The summed E-state index contributed by atoms with van der Waals surface area (Å²) in [6.45, 7) is 2.07. The van der Waals surface area contributed by atoms with Gasteiger partial charge in [0.2, 0.25) is 0 Å². The minimum Gasteiger partial charge on any atom is -0.378 e. The molecule has 0 radical (unpaired) electrons. The van der Waals surface area contributed by atoms with Gasteiger partial charge in [-0.15, -0.1) is 0 Å². The van der Waals surface area contributed by atoms with Crippen molar-refractivity contribution < 1.29 is 13.9 Å². The molecular weight excluding hydrogens is 413 g/mol. The van der Waals surface area contributed by atoms with Crippen LogP contribution in [-0.4, -0.2) is 42.1 Å². The van der Waals surface area contributed by atoms with Crippen LogP contribution in [-0.2, 0) is 4.74 Å². The molecule has 138 valence electrons. The lowest BCUT2D eigenvalue weighted by molar-refractivity contribution is 0.0303. The monoisotopic (exact) mass is 429 g/mol. The maximum absolute atomic E-state index is 13.9. The molecule has 2 aromatic carbocycles. The zero-order valence-corrected chi connectivity index (χ0v) is 16.0. The van der Waals surface area contributed by atoms with E-state index in [9.17, 15) is 9.18 Å². The molecule has 1 aromatic heterocycles. The number of carbonyl (C=O) groups is 1. The maximum atomic E-state index is 13.9. The van der Waals surface area contributed by atoms with Gasteiger partial charge in [-0.25, -0.2) is 4.39 Å². The Morgan fingerprint density at radius 3 is 2.63 bits per heavy atom. The maximum Gasteiger partial charge on any atom is 0.257 e. The number of hydrogen-bond donors (Lipinski definition) is 1. The van der Waals surface area contributed by atoms with E-state index in [2.05, 4.69) is 26.2 Å². The highest BCUT2D eigenvalue weighted by atomic mass is 79.9. The van der Waals surface area contributed by atoms with Gasteiger partial charge in [-0.05, 0) is 42.5 Å². The number of amides is 1. The normalized spacial score (nSPS) is 14.4. The Hall–Kier alpha value is -2.51. The second-order valence-electron chi connectivity index (χ2n) is 6.24. The van der Waals surface area contributed by atoms with Gasteiger partial charge >= 0.3 is 0 Å². The van der Waals surface area contributed by atoms with Crippen molar-refractivity contribution >= 4 is 44.1 Å². The number of pyridine rings is 1. The van der Waals surface area contributed by atoms with Gasteiger partial charge in [-0.2, -0.15) is 0 Å². The van der Waals surface area contributed by atoms with E-state index < -0.39 is 0 Å². The van der Waals surface area contributed by atoms with Gasteiger partial charge in [0.05, 0.1) is 30.0 Å². The first kappa shape index (κ1) is 17.9. The molecule has 0 unspecified atom stereocenters. The standard InChI is InChI=1S/C20H17BrFN3O2/c21-13-1-4-15(5-2-13)24-19-16-11-14(22)3-6-18(16)23-12-17(19)20(26)25-7-9-27-10-8-25/h1-6,11-12H,7-10H2,(H,23,24). The van der Waals surface area contributed by atoms with Crippen molar-refractivity contribution in [2.45, 2.75) is 0 Å². The van der Waals surface area contributed by atoms with Gasteiger partial charge in [0.1, 0.15) is 5.82 Å². The molecule has 1 amide bonds. The molecule has 5 nitrogen and oxygen atoms in total. The fraction of sp³-hybridized carbons (Fsp3) is 0.200. The van der Waals surface area contributed by atoms with E-state index in [1.165, 1.54) is 12.1 Å². The average Bonchev–Trinajstić information content (AvgIpc) is 2.70. The summed E-state index contributed by atoms with van der Waals surface area (Å²) in [6, 6.07) is 11.9. The number of fused-ring (bicyclic) bond motifs is 1. The molecule has 2 heterocycles. The molecule has 1 saturated heterocycles. The highest BCUT2D eigenvalue weighted by Gasteiger charge is 2.23. The molecule has 7 heteroatoms. The number of carbonyl (C=O) groups excluding carboxylic acids is 1. The minimum atomic E-state index is -0.376. The van der Waals surface area contributed by atoms with E-state index in [1.807, 2.05) is 24.3 Å². The average molecular weight is 430 g/mol. The minimum absolute atomic E-state index is 0.142. The lowest BCUT2D eigenvalue weighted by Crippen LogP contribution is -2.41. The zero-order valence-electron chi connectivity index (χ0n) is 14.4. The summed E-state index contributed by atoms with van der Waals surface area (Å²) in [7, 11) is 0. The molecule has 0 spiro atoms. The quantitative estimate of drug-likeness (QED) is 0.672. The number of morpholine rings is 1. The second-order valence-corrected chi connectivity index (χ2v) is 7.16. The summed E-state index contributed by atoms with van der Waals surface area (Å²) in [5, 5.41) is 3.85. The summed E-state index contributed by atoms with van der Waals surface area (Å²) in [5.41, 5.74) is 2.39. The van der Waals surface area contributed by atoms with E-state index in [0.717, 1.165) is 10.2 Å². The van der Waals surface area contributed by atoms with Crippen molar-refractivity contribution in [3.8, 4) is 0 Å². The Morgan fingerprint density at radius 2 is 1.89 bits per heavy atom. The van der Waals surface area contributed by atoms with E-state index in [0.29, 0.717) is 48.5 Å². The number of halogens is 2. The molecule has 0 atom stereocenters. The first-order valence-corrected chi connectivity index (χ1v) is 9.39. The van der Waals surface area contributed by atoms with Crippen LogP contribution >= 0.6 is 15.9 Å². The van der Waals surface area contributed by atoms with E-state index in [4.69, 9.17) is 4.74 Å². The molecule has 27 heavy (non-hydrogen) atoms. The molecule has 1 N–H and O–H groups in total. The van der Waals surface area contributed by atoms with Gasteiger partial charge in [0.25, 0.3) is 5.91 Å². The molecule has 1 aliphatic rings. The topological polar surface area (TPSA) is 54.5 Å². The van der Waals surface area contributed by atoms with Crippen molar-refractivity contribution in [3.05, 3.63) is 64.5 Å². The van der Waals surface area contributed by atoms with Crippen LogP contribution in [0.3, 0.4) is 0 Å².